The van der Waals surface area contributed by atoms with Gasteiger partial charge in [-0.15, -0.1) is 0 Å². The van der Waals surface area contributed by atoms with Crippen LogP contribution in [0.25, 0.3) is 0 Å². The van der Waals surface area contributed by atoms with E-state index in [2.05, 4.69) is 9.84 Å². The Balaban J connectivity index is 2.02. The molecule has 0 aliphatic carbocycles. The quantitative estimate of drug-likeness (QED) is 0.723. The lowest BCUT2D eigenvalue weighted by Gasteiger charge is -2.21. The lowest BCUT2D eigenvalue weighted by Crippen LogP contribution is -2.25. The molecule has 2 aromatic carbocycles. The lowest BCUT2D eigenvalue weighted by molar-refractivity contribution is -0.132. The number of aromatic hydroxyl groups is 1. The number of para-hydroxylation sites is 2. The van der Waals surface area contributed by atoms with Gasteiger partial charge in [-0.1, -0.05) is 30.3 Å². The molecular weight excluding hydrogens is 386 g/mol. The highest BCUT2D eigenvalue weighted by Crippen LogP contribution is 2.38. The number of hydrogen-bond donors (Lipinski definition) is 2. The third-order valence-electron chi connectivity index (χ3n) is 4.21. The average Bonchev–Trinajstić information content (AvgIpc) is 3.11. The smallest absolute Gasteiger partial charge is 0.387 e. The zero-order valence-corrected chi connectivity index (χ0v) is 14.9. The molecule has 1 heterocycles. The van der Waals surface area contributed by atoms with Crippen molar-refractivity contribution >= 4 is 17.6 Å². The summed E-state index contributed by atoms with van der Waals surface area (Å²) in [6.07, 6.45) is 1.61. The molecule has 0 saturated carbocycles. The Morgan fingerprint density at radius 2 is 1.83 bits per heavy atom. The molecule has 1 aliphatic rings. The molecule has 7 nitrogen and oxygen atoms in total. The first-order chi connectivity index (χ1) is 13.9. The average molecular weight is 402 g/mol. The van der Waals surface area contributed by atoms with Crippen LogP contribution in [0.1, 0.15) is 23.6 Å². The SMILES string of the molecule is O=C(O)/C=C\C(=O)N1N=C(c2ccccc2OC(F)F)CC1c1ccccc1O. The number of hydrazone groups is 1. The summed E-state index contributed by atoms with van der Waals surface area (Å²) in [7, 11) is 0. The number of carbonyl (C=O) groups is 2. The second-order valence-electron chi connectivity index (χ2n) is 6.05. The van der Waals surface area contributed by atoms with E-state index >= 15 is 0 Å². The molecule has 0 spiro atoms. The van der Waals surface area contributed by atoms with E-state index in [1.54, 1.807) is 24.3 Å². The summed E-state index contributed by atoms with van der Waals surface area (Å²) in [5, 5.41) is 24.2. The fourth-order valence-corrected chi connectivity index (χ4v) is 3.01. The molecule has 1 unspecified atom stereocenters. The number of hydrogen-bond acceptors (Lipinski definition) is 5. The number of alkyl halides is 2. The number of nitrogens with zero attached hydrogens (tertiary/aromatic N) is 2. The van der Waals surface area contributed by atoms with Gasteiger partial charge in [-0.05, 0) is 18.2 Å². The Morgan fingerprint density at radius 3 is 2.52 bits per heavy atom. The van der Waals surface area contributed by atoms with Crippen LogP contribution < -0.4 is 4.74 Å². The molecule has 2 N–H and O–H groups in total. The highest BCUT2D eigenvalue weighted by atomic mass is 19.3. The van der Waals surface area contributed by atoms with Gasteiger partial charge in [0.1, 0.15) is 11.5 Å². The summed E-state index contributed by atoms with van der Waals surface area (Å²) < 4.78 is 30.0. The number of carbonyl (C=O) groups excluding carboxylic acids is 1. The van der Waals surface area contributed by atoms with Crippen molar-refractivity contribution in [3.63, 3.8) is 0 Å². The Bertz CT molecular complexity index is 990. The van der Waals surface area contributed by atoms with E-state index in [4.69, 9.17) is 5.11 Å². The number of phenols is 1. The van der Waals surface area contributed by atoms with E-state index in [-0.39, 0.29) is 29.2 Å². The van der Waals surface area contributed by atoms with Gasteiger partial charge in [-0.25, -0.2) is 9.80 Å². The molecule has 29 heavy (non-hydrogen) atoms. The standard InChI is InChI=1S/C20H16F2N2O5/c21-20(22)29-17-8-4-2-5-12(17)14-11-15(13-6-1-3-7-16(13)25)24(23-14)18(26)9-10-19(27)28/h1-10,15,20,25H,11H2,(H,27,28)/b10-9-. The molecule has 1 atom stereocenters. The van der Waals surface area contributed by atoms with Crippen LogP contribution >= 0.6 is 0 Å². The lowest BCUT2D eigenvalue weighted by atomic mass is 9.97. The van der Waals surface area contributed by atoms with E-state index in [1.165, 1.54) is 24.3 Å². The second kappa shape index (κ2) is 8.51. The van der Waals surface area contributed by atoms with Crippen LogP contribution in [-0.2, 0) is 9.59 Å². The Hall–Kier alpha value is -3.75. The van der Waals surface area contributed by atoms with Crippen molar-refractivity contribution in [3.8, 4) is 11.5 Å². The van der Waals surface area contributed by atoms with Gasteiger partial charge in [0.25, 0.3) is 5.91 Å². The largest absolute Gasteiger partial charge is 0.508 e. The molecule has 2 aromatic rings. The first-order valence-electron chi connectivity index (χ1n) is 8.50. The zero-order valence-electron chi connectivity index (χ0n) is 14.9. The topological polar surface area (TPSA) is 99.4 Å². The minimum atomic E-state index is -3.04. The van der Waals surface area contributed by atoms with Crippen LogP contribution in [0, 0.1) is 0 Å². The molecular formula is C20H16F2N2O5. The van der Waals surface area contributed by atoms with Crippen molar-refractivity contribution in [3.05, 3.63) is 71.8 Å². The van der Waals surface area contributed by atoms with Crippen molar-refractivity contribution in [2.24, 2.45) is 5.10 Å². The molecule has 1 aliphatic heterocycles. The first kappa shape index (κ1) is 20.0. The first-order valence-corrected chi connectivity index (χ1v) is 8.50. The predicted octanol–water partition coefficient (Wildman–Crippen LogP) is 3.31. The molecule has 0 radical (unpaired) electrons. The number of carboxylic acid groups (broad SMARTS) is 1. The molecule has 1 amide bonds. The number of carboxylic acids is 1. The number of benzene rings is 2. The van der Waals surface area contributed by atoms with Gasteiger partial charge in [0.05, 0.1) is 11.8 Å². The van der Waals surface area contributed by atoms with E-state index in [9.17, 15) is 23.5 Å². The maximum absolute atomic E-state index is 12.7. The number of amides is 1. The third kappa shape index (κ3) is 4.57. The van der Waals surface area contributed by atoms with Gasteiger partial charge >= 0.3 is 12.6 Å². The van der Waals surface area contributed by atoms with Crippen LogP contribution in [-0.4, -0.2) is 39.4 Å². The Labute approximate surface area is 164 Å². The van der Waals surface area contributed by atoms with Crippen LogP contribution in [0.4, 0.5) is 8.78 Å². The summed E-state index contributed by atoms with van der Waals surface area (Å²) in [6, 6.07) is 11.6. The predicted molar refractivity (Wildman–Crippen MR) is 98.7 cm³/mol. The maximum atomic E-state index is 12.7. The van der Waals surface area contributed by atoms with Crippen LogP contribution in [0.2, 0.25) is 0 Å². The van der Waals surface area contributed by atoms with Crippen molar-refractivity contribution in [2.45, 2.75) is 19.1 Å². The molecule has 0 aromatic heterocycles. The van der Waals surface area contributed by atoms with E-state index in [0.717, 1.165) is 11.1 Å². The highest BCUT2D eigenvalue weighted by Gasteiger charge is 2.34. The van der Waals surface area contributed by atoms with Crippen molar-refractivity contribution in [2.75, 3.05) is 0 Å². The minimum Gasteiger partial charge on any atom is -0.508 e. The summed E-state index contributed by atoms with van der Waals surface area (Å²) >= 11 is 0. The number of rotatable bonds is 6. The zero-order chi connectivity index (χ0) is 21.0. The number of phenolic OH excluding ortho intramolecular Hbond substituents is 1. The van der Waals surface area contributed by atoms with Gasteiger partial charge in [-0.2, -0.15) is 13.9 Å². The summed E-state index contributed by atoms with van der Waals surface area (Å²) in [4.78, 5) is 23.3. The molecule has 0 saturated heterocycles. The highest BCUT2D eigenvalue weighted by molar-refractivity contribution is 6.06. The fraction of sp³-hybridized carbons (Fsp3) is 0.150. The van der Waals surface area contributed by atoms with Crippen molar-refractivity contribution in [1.29, 1.82) is 0 Å². The molecule has 150 valence electrons. The van der Waals surface area contributed by atoms with E-state index < -0.39 is 24.5 Å². The summed E-state index contributed by atoms with van der Waals surface area (Å²) in [6.45, 7) is -3.04. The monoisotopic (exact) mass is 402 g/mol. The van der Waals surface area contributed by atoms with Gasteiger partial charge < -0.3 is 14.9 Å². The number of halogens is 2. The normalized spacial score (nSPS) is 16.3. The Kier molecular flexibility index (Phi) is 5.87. The van der Waals surface area contributed by atoms with Gasteiger partial charge in [-0.3, -0.25) is 4.79 Å². The van der Waals surface area contributed by atoms with Crippen molar-refractivity contribution in [1.82, 2.24) is 5.01 Å². The van der Waals surface area contributed by atoms with Crippen molar-refractivity contribution < 1.29 is 33.3 Å². The third-order valence-corrected chi connectivity index (χ3v) is 4.21. The van der Waals surface area contributed by atoms with Crippen LogP contribution in [0.3, 0.4) is 0 Å². The minimum absolute atomic E-state index is 0.0777. The van der Waals surface area contributed by atoms with Crippen LogP contribution in [0.5, 0.6) is 11.5 Å². The molecule has 3 rings (SSSR count). The fourth-order valence-electron chi connectivity index (χ4n) is 3.01. The van der Waals surface area contributed by atoms with Gasteiger partial charge in [0.2, 0.25) is 0 Å². The Morgan fingerprint density at radius 1 is 1.14 bits per heavy atom. The summed E-state index contributed by atoms with van der Waals surface area (Å²) in [5.41, 5.74) is 0.938. The molecule has 0 fully saturated rings. The molecule has 0 bridgehead atoms. The maximum Gasteiger partial charge on any atom is 0.387 e. The number of ether oxygens (including phenoxy) is 1. The molecule has 9 heteroatoms. The van der Waals surface area contributed by atoms with Gasteiger partial charge in [0, 0.05) is 29.7 Å². The van der Waals surface area contributed by atoms with E-state index in [0.29, 0.717) is 11.6 Å². The van der Waals surface area contributed by atoms with Crippen LogP contribution in [0.15, 0.2) is 65.8 Å². The van der Waals surface area contributed by atoms with E-state index in [1.807, 2.05) is 0 Å². The second-order valence-corrected chi connectivity index (χ2v) is 6.05. The summed E-state index contributed by atoms with van der Waals surface area (Å²) in [5.74, 6) is -2.22. The van der Waals surface area contributed by atoms with Gasteiger partial charge in [0.15, 0.2) is 0 Å². The number of aliphatic carboxylic acids is 1.